The third-order valence-electron chi connectivity index (χ3n) is 20.2. The van der Waals surface area contributed by atoms with Gasteiger partial charge in [0.15, 0.2) is 0 Å². The standard InChI is InChI=1S/C19H25F7O4.C18H23F7O4.C14H17F7O4.C13H15F7O4/c1-5-15(29-13(27)11(2)3)17(20,21)14(4,28)30-16(18(15,22)23,19(24,25)26)12-9-7-6-8-10-12;1-10(2)12(26)28-13(3)16(19,20)14(4,27)29-15(17(13,21)22,18(23,24)25)11-8-6-5-7-9-11;1-6-11(24-8(22)7(2)3)12(15,16)9(4,14(19,20)21)25-10(5,23)13(11,17)18;1-6(2)7(21)23-8(3)11(14,15)9(4,13(18,19)20)24-10(5,22)12(8,16)17/h12,28H,2,5-10H2,1,3-4H3;11,27H,1,5-9H2,2-4H3;23H,2,6H2,1,3-5H3;22H,1H2,2-5H3. The Morgan fingerprint density at radius 1 is 0.333 bits per heavy atom. The molecule has 4 saturated heterocycles. The topological polar surface area (TPSA) is 223 Å². The van der Waals surface area contributed by atoms with Gasteiger partial charge in [-0.15, -0.1) is 0 Å². The van der Waals surface area contributed by atoms with Gasteiger partial charge in [-0.1, -0.05) is 78.7 Å². The molecule has 4 heterocycles. The van der Waals surface area contributed by atoms with Gasteiger partial charge in [0.05, 0.1) is 0 Å². The summed E-state index contributed by atoms with van der Waals surface area (Å²) < 4.78 is 437. The molecule has 16 nitrogen and oxygen atoms in total. The molecule has 4 aliphatic heterocycles. The Morgan fingerprint density at radius 3 is 0.815 bits per heavy atom. The lowest BCUT2D eigenvalue weighted by atomic mass is 9.63. The lowest BCUT2D eigenvalue weighted by Crippen LogP contribution is -2.86. The Hall–Kier alpha value is -5.44. The predicted molar refractivity (Wildman–Crippen MR) is 313 cm³/mol. The van der Waals surface area contributed by atoms with Crippen molar-refractivity contribution < 1.29 is 200 Å². The number of rotatable bonds is 12. The van der Waals surface area contributed by atoms with Gasteiger partial charge in [0.1, 0.15) is 0 Å². The molecule has 4 N–H and O–H groups in total. The third kappa shape index (κ3) is 13.8. The molecule has 0 spiro atoms. The zero-order chi connectivity index (χ0) is 85.9. The zero-order valence-electron chi connectivity index (χ0n) is 59.7. The molecular weight excluding hydrogens is 1560 g/mol. The maximum atomic E-state index is 15.8. The van der Waals surface area contributed by atoms with Gasteiger partial charge in [0, 0.05) is 34.1 Å². The lowest BCUT2D eigenvalue weighted by molar-refractivity contribution is -0.525. The van der Waals surface area contributed by atoms with Crippen LogP contribution in [0.3, 0.4) is 0 Å². The average Bonchev–Trinajstić information content (AvgIpc) is 0.681. The Bertz CT molecular complexity index is 3400. The van der Waals surface area contributed by atoms with E-state index in [1.165, 1.54) is 0 Å². The maximum absolute atomic E-state index is 15.8. The number of halogens is 28. The summed E-state index contributed by atoms with van der Waals surface area (Å²) in [6.07, 6.45) is -26.4. The van der Waals surface area contributed by atoms with E-state index in [-0.39, 0.29) is 107 Å². The largest absolute Gasteiger partial charge is 0.443 e. The summed E-state index contributed by atoms with van der Waals surface area (Å²) in [5.74, 6) is -69.1. The second-order valence-corrected chi connectivity index (χ2v) is 28.2. The highest BCUT2D eigenvalue weighted by molar-refractivity contribution is 5.89. The van der Waals surface area contributed by atoms with Crippen LogP contribution < -0.4 is 0 Å². The van der Waals surface area contributed by atoms with E-state index in [2.05, 4.69) is 64.2 Å². The van der Waals surface area contributed by atoms with E-state index in [1.54, 1.807) is 0 Å². The first kappa shape index (κ1) is 96.8. The van der Waals surface area contributed by atoms with Gasteiger partial charge < -0.3 is 58.3 Å². The van der Waals surface area contributed by atoms with Crippen molar-refractivity contribution >= 4 is 23.9 Å². The minimum absolute atomic E-state index is 0.0197. The summed E-state index contributed by atoms with van der Waals surface area (Å²) >= 11 is 0. The summed E-state index contributed by atoms with van der Waals surface area (Å²) in [6.45, 7) is 17.3. The summed E-state index contributed by atoms with van der Waals surface area (Å²) in [4.78, 5) is 47.0. The SMILES string of the molecule is C=C(C)C(=O)OC1(C)C(F)(F)C(C)(O)OC(C)(C(F)(F)F)C1(F)F.C=C(C)C(=O)OC1(C)C(F)(F)C(C)(O)OC(C2CCCCC2)(C(F)(F)F)C1(F)F.C=C(C)C(=O)OC1(CC)C(F)(F)C(C)(O)OC(C)(C(F)(F)F)C1(F)F.C=C(C)C(=O)OC1(CC)C(F)(F)C(C)(O)OC(C2CCCCC2)(C(F)(F)F)C1(F)F. The molecule has 2 aliphatic carbocycles. The number of alkyl halides is 28. The van der Waals surface area contributed by atoms with Gasteiger partial charge in [-0.05, 0) is 122 Å². The molecular formula is C64H80F28O16. The van der Waals surface area contributed by atoms with E-state index >= 15 is 26.3 Å². The molecule has 12 atom stereocenters. The third-order valence-corrected chi connectivity index (χ3v) is 20.2. The van der Waals surface area contributed by atoms with Gasteiger partial charge in [-0.2, -0.15) is 123 Å². The molecule has 44 heteroatoms. The number of aliphatic hydroxyl groups is 4. The Balaban J connectivity index is 0.000000375. The van der Waals surface area contributed by atoms with Crippen LogP contribution in [0.5, 0.6) is 0 Å². The van der Waals surface area contributed by atoms with Crippen molar-refractivity contribution in [3.63, 3.8) is 0 Å². The summed E-state index contributed by atoms with van der Waals surface area (Å²) in [7, 11) is 0. The Morgan fingerprint density at radius 2 is 0.556 bits per heavy atom. The monoisotopic (exact) mass is 1640 g/mol. The Kier molecular flexibility index (Phi) is 25.9. The highest BCUT2D eigenvalue weighted by atomic mass is 19.4. The number of hydrogen-bond acceptors (Lipinski definition) is 16. The molecule has 0 amide bonds. The van der Waals surface area contributed by atoms with Crippen LogP contribution in [-0.4, -0.2) is 184 Å². The number of carbonyl (C=O) groups excluding carboxylic acids is 4. The Labute approximate surface area is 597 Å². The second-order valence-electron chi connectivity index (χ2n) is 28.2. The van der Waals surface area contributed by atoms with Crippen molar-refractivity contribution in [2.45, 2.75) is 314 Å². The van der Waals surface area contributed by atoms with Crippen molar-refractivity contribution in [2.24, 2.45) is 11.8 Å². The minimum atomic E-state index is -5.88. The van der Waals surface area contributed by atoms with E-state index in [4.69, 9.17) is 0 Å². The molecule has 0 bridgehead atoms. The normalized spacial score (nSPS) is 37.6. The van der Waals surface area contributed by atoms with Crippen LogP contribution in [0.25, 0.3) is 0 Å². The molecule has 2 saturated carbocycles. The molecule has 12 unspecified atom stereocenters. The number of esters is 4. The highest BCUT2D eigenvalue weighted by Crippen LogP contribution is 2.71. The van der Waals surface area contributed by atoms with Crippen LogP contribution in [0.1, 0.15) is 174 Å². The minimum Gasteiger partial charge on any atom is -0.443 e. The van der Waals surface area contributed by atoms with Crippen LogP contribution >= 0.6 is 0 Å². The average molecular weight is 1640 g/mol. The maximum Gasteiger partial charge on any atom is 0.424 e. The fourth-order valence-electron chi connectivity index (χ4n) is 13.5. The molecule has 108 heavy (non-hydrogen) atoms. The van der Waals surface area contributed by atoms with Crippen molar-refractivity contribution in [3.8, 4) is 0 Å². The first-order chi connectivity index (χ1) is 47.5. The van der Waals surface area contributed by atoms with E-state index in [9.17, 15) is 136 Å². The summed E-state index contributed by atoms with van der Waals surface area (Å²) in [5.41, 5.74) is -37.9. The first-order valence-electron chi connectivity index (χ1n) is 32.0. The zero-order valence-corrected chi connectivity index (χ0v) is 59.7. The molecule has 0 aromatic carbocycles. The van der Waals surface area contributed by atoms with Crippen molar-refractivity contribution in [1.82, 2.24) is 0 Å². The summed E-state index contributed by atoms with van der Waals surface area (Å²) in [5, 5.41) is 39.7. The fourth-order valence-corrected chi connectivity index (χ4v) is 13.5. The van der Waals surface area contributed by atoms with Crippen LogP contribution in [0.15, 0.2) is 48.6 Å². The molecule has 6 aliphatic rings. The van der Waals surface area contributed by atoms with Gasteiger partial charge in [-0.25, -0.2) is 19.2 Å². The van der Waals surface area contributed by atoms with Gasteiger partial charge in [0.2, 0.25) is 68.0 Å². The van der Waals surface area contributed by atoms with Gasteiger partial charge in [-0.3, -0.25) is 0 Å². The van der Waals surface area contributed by atoms with Crippen LogP contribution in [-0.2, 0) is 57.1 Å². The van der Waals surface area contributed by atoms with Gasteiger partial charge in [0.25, 0.3) is 0 Å². The molecule has 0 aromatic heterocycles. The van der Waals surface area contributed by atoms with Crippen molar-refractivity contribution in [1.29, 1.82) is 0 Å². The molecule has 628 valence electrons. The van der Waals surface area contributed by atoms with Gasteiger partial charge >= 0.3 is 96.0 Å². The van der Waals surface area contributed by atoms with Crippen molar-refractivity contribution in [3.05, 3.63) is 48.6 Å². The van der Waals surface area contributed by atoms with E-state index in [1.807, 2.05) is 0 Å². The predicted octanol–water partition coefficient (Wildman–Crippen LogP) is 16.7. The number of hydrogen-bond donors (Lipinski definition) is 4. The van der Waals surface area contributed by atoms with E-state index < -0.39 is 211 Å². The quantitative estimate of drug-likeness (QED) is 0.0617. The van der Waals surface area contributed by atoms with Crippen molar-refractivity contribution in [2.75, 3.05) is 0 Å². The molecule has 0 aromatic rings. The smallest absolute Gasteiger partial charge is 0.424 e. The molecule has 6 rings (SSSR count). The second kappa shape index (κ2) is 28.9. The first-order valence-corrected chi connectivity index (χ1v) is 32.0. The lowest BCUT2D eigenvalue weighted by Gasteiger charge is -2.62. The molecule has 0 radical (unpaired) electrons. The van der Waals surface area contributed by atoms with E-state index in [0.29, 0.717) is 19.8 Å². The van der Waals surface area contributed by atoms with Crippen LogP contribution in [0, 0.1) is 11.8 Å². The number of ether oxygens (including phenoxy) is 8. The van der Waals surface area contributed by atoms with Crippen LogP contribution in [0.2, 0.25) is 0 Å². The summed E-state index contributed by atoms with van der Waals surface area (Å²) in [6, 6.07) is 0. The van der Waals surface area contributed by atoms with E-state index in [0.717, 1.165) is 34.6 Å². The molecule has 6 fully saturated rings. The van der Waals surface area contributed by atoms with Crippen LogP contribution in [0.4, 0.5) is 123 Å². The highest BCUT2D eigenvalue weighted by Gasteiger charge is 2.96. The fraction of sp³-hybridized carbons (Fsp3) is 0.812. The number of carbonyl (C=O) groups is 4.